The fraction of sp³-hybridized carbons (Fsp3) is 0.190. The number of pyridine rings is 1. The minimum atomic E-state index is -0.403. The highest BCUT2D eigenvalue weighted by Crippen LogP contribution is 2.41. The number of hydrogen-bond donors (Lipinski definition) is 0. The van der Waals surface area contributed by atoms with E-state index in [1.807, 2.05) is 12.3 Å². The summed E-state index contributed by atoms with van der Waals surface area (Å²) in [6.07, 6.45) is 2.98. The lowest BCUT2D eigenvalue weighted by atomic mass is 9.91. The van der Waals surface area contributed by atoms with Gasteiger partial charge in [0.2, 0.25) is 0 Å². The van der Waals surface area contributed by atoms with Crippen LogP contribution in [0.5, 0.6) is 0 Å². The maximum Gasteiger partial charge on any atom is 0.0463 e. The summed E-state index contributed by atoms with van der Waals surface area (Å²) in [5.74, 6) is 0. The number of benzene rings is 2. The second-order valence-corrected chi connectivity index (χ2v) is 8.56. The summed E-state index contributed by atoms with van der Waals surface area (Å²) < 4.78 is 0. The molecule has 0 saturated carbocycles. The highest BCUT2D eigenvalue weighted by atomic mass is 31.1. The lowest BCUT2D eigenvalue weighted by Crippen LogP contribution is -2.28. The van der Waals surface area contributed by atoms with Gasteiger partial charge in [-0.3, -0.25) is 4.98 Å². The zero-order valence-electron chi connectivity index (χ0n) is 13.7. The van der Waals surface area contributed by atoms with E-state index in [2.05, 4.69) is 91.6 Å². The van der Waals surface area contributed by atoms with Crippen molar-refractivity contribution in [3.8, 4) is 0 Å². The molecule has 0 N–H and O–H groups in total. The van der Waals surface area contributed by atoms with Crippen LogP contribution >= 0.6 is 7.92 Å². The Balaban J connectivity index is 1.97. The molecule has 116 valence electrons. The molecule has 1 heterocycles. The molecular weight excluding hydrogens is 297 g/mol. The molecule has 0 fully saturated rings. The summed E-state index contributed by atoms with van der Waals surface area (Å²) in [5.41, 5.74) is 1.21. The minimum absolute atomic E-state index is 0.0403. The molecule has 3 aromatic rings. The third kappa shape index (κ3) is 3.86. The third-order valence-corrected chi connectivity index (χ3v) is 7.00. The lowest BCUT2D eigenvalue weighted by Gasteiger charge is -2.30. The summed E-state index contributed by atoms with van der Waals surface area (Å²) in [7, 11) is -0.403. The molecule has 0 atom stereocenters. The van der Waals surface area contributed by atoms with Crippen molar-refractivity contribution in [3.63, 3.8) is 0 Å². The largest absolute Gasteiger partial charge is 0.261 e. The average Bonchev–Trinajstić information content (AvgIpc) is 2.62. The van der Waals surface area contributed by atoms with Crippen LogP contribution in [0.15, 0.2) is 85.1 Å². The van der Waals surface area contributed by atoms with E-state index >= 15 is 0 Å². The first-order chi connectivity index (χ1) is 11.2. The van der Waals surface area contributed by atoms with Gasteiger partial charge in [-0.05, 0) is 36.8 Å². The molecule has 2 aromatic carbocycles. The number of aromatic nitrogens is 1. The Kier molecular flexibility index (Phi) is 4.88. The first-order valence-electron chi connectivity index (χ1n) is 7.96. The van der Waals surface area contributed by atoms with Crippen LogP contribution in [0.3, 0.4) is 0 Å². The fourth-order valence-corrected chi connectivity index (χ4v) is 5.47. The van der Waals surface area contributed by atoms with E-state index in [0.29, 0.717) is 0 Å². The van der Waals surface area contributed by atoms with E-state index < -0.39 is 7.92 Å². The molecule has 0 unspecified atom stereocenters. The molecular formula is C21H22NP. The molecule has 0 aliphatic carbocycles. The maximum atomic E-state index is 4.60. The van der Waals surface area contributed by atoms with Crippen LogP contribution in [-0.4, -0.2) is 11.1 Å². The normalized spacial score (nSPS) is 11.6. The average molecular weight is 319 g/mol. The van der Waals surface area contributed by atoms with Crippen LogP contribution in [0.1, 0.15) is 19.5 Å². The summed E-state index contributed by atoms with van der Waals surface area (Å²) in [6.45, 7) is 4.60. The zero-order chi connectivity index (χ0) is 16.1. The van der Waals surface area contributed by atoms with Gasteiger partial charge in [0, 0.05) is 17.3 Å². The van der Waals surface area contributed by atoms with E-state index in [4.69, 9.17) is 0 Å². The van der Waals surface area contributed by atoms with Crippen molar-refractivity contribution >= 4 is 18.5 Å². The van der Waals surface area contributed by atoms with Crippen LogP contribution < -0.4 is 10.6 Å². The van der Waals surface area contributed by atoms with Gasteiger partial charge in [-0.1, -0.05) is 80.6 Å². The number of nitrogens with zero attached hydrogens (tertiary/aromatic N) is 1. The molecule has 0 aliphatic heterocycles. The van der Waals surface area contributed by atoms with Crippen molar-refractivity contribution in [2.45, 2.75) is 19.3 Å². The minimum Gasteiger partial charge on any atom is -0.261 e. The van der Waals surface area contributed by atoms with E-state index in [9.17, 15) is 0 Å². The van der Waals surface area contributed by atoms with Crippen molar-refractivity contribution in [2.75, 3.05) is 6.16 Å². The van der Waals surface area contributed by atoms with Crippen LogP contribution in [0.25, 0.3) is 0 Å². The molecule has 0 bridgehead atoms. The molecule has 0 spiro atoms. The predicted molar refractivity (Wildman–Crippen MR) is 101 cm³/mol. The van der Waals surface area contributed by atoms with E-state index in [0.717, 1.165) is 6.16 Å². The Labute approximate surface area is 140 Å². The van der Waals surface area contributed by atoms with Gasteiger partial charge in [0.05, 0.1) is 0 Å². The Morgan fingerprint density at radius 2 is 1.26 bits per heavy atom. The first kappa shape index (κ1) is 15.9. The lowest BCUT2D eigenvalue weighted by molar-refractivity contribution is 0.578. The zero-order valence-corrected chi connectivity index (χ0v) is 14.6. The third-order valence-electron chi connectivity index (χ3n) is 4.05. The van der Waals surface area contributed by atoms with Crippen LogP contribution in [0.4, 0.5) is 0 Å². The maximum absolute atomic E-state index is 4.60. The van der Waals surface area contributed by atoms with Gasteiger partial charge in [-0.2, -0.15) is 0 Å². The van der Waals surface area contributed by atoms with Crippen molar-refractivity contribution < 1.29 is 0 Å². The van der Waals surface area contributed by atoms with Crippen molar-refractivity contribution in [2.24, 2.45) is 0 Å². The monoisotopic (exact) mass is 319 g/mol. The SMILES string of the molecule is CC(C)(CP(c1ccccc1)c1ccccc1)c1ccccn1. The highest BCUT2D eigenvalue weighted by Gasteiger charge is 2.28. The standard InChI is InChI=1S/C21H22NP/c1-21(2,20-15-9-10-16-22-20)17-23(18-11-5-3-6-12-18)19-13-7-4-8-14-19/h3-16H,17H2,1-2H3. The van der Waals surface area contributed by atoms with E-state index in [1.54, 1.807) is 0 Å². The van der Waals surface area contributed by atoms with Crippen LogP contribution in [0, 0.1) is 0 Å². The van der Waals surface area contributed by atoms with Gasteiger partial charge in [0.15, 0.2) is 0 Å². The van der Waals surface area contributed by atoms with Gasteiger partial charge in [-0.15, -0.1) is 0 Å². The Hall–Kier alpha value is -1.98. The number of rotatable bonds is 5. The number of hydrogen-bond acceptors (Lipinski definition) is 1. The molecule has 1 nitrogen and oxygen atoms in total. The van der Waals surface area contributed by atoms with Gasteiger partial charge in [-0.25, -0.2) is 0 Å². The molecule has 0 saturated heterocycles. The molecule has 2 heteroatoms. The molecule has 0 amide bonds. The van der Waals surface area contributed by atoms with Gasteiger partial charge in [0.25, 0.3) is 0 Å². The van der Waals surface area contributed by atoms with Crippen molar-refractivity contribution in [3.05, 3.63) is 90.8 Å². The van der Waals surface area contributed by atoms with Crippen molar-refractivity contribution in [1.82, 2.24) is 4.98 Å². The van der Waals surface area contributed by atoms with Crippen LogP contribution in [-0.2, 0) is 5.41 Å². The topological polar surface area (TPSA) is 12.9 Å². The summed E-state index contributed by atoms with van der Waals surface area (Å²) in [5, 5.41) is 2.86. The molecule has 0 radical (unpaired) electrons. The van der Waals surface area contributed by atoms with E-state index in [1.165, 1.54) is 16.3 Å². The van der Waals surface area contributed by atoms with Crippen molar-refractivity contribution in [1.29, 1.82) is 0 Å². The Morgan fingerprint density at radius 3 is 1.74 bits per heavy atom. The molecule has 23 heavy (non-hydrogen) atoms. The first-order valence-corrected chi connectivity index (χ1v) is 9.49. The van der Waals surface area contributed by atoms with Crippen LogP contribution in [0.2, 0.25) is 0 Å². The molecule has 0 aliphatic rings. The van der Waals surface area contributed by atoms with E-state index in [-0.39, 0.29) is 5.41 Å². The second kappa shape index (κ2) is 7.06. The predicted octanol–water partition coefficient (Wildman–Crippen LogP) is 4.49. The Morgan fingerprint density at radius 1 is 0.739 bits per heavy atom. The fourth-order valence-electron chi connectivity index (χ4n) is 2.79. The van der Waals surface area contributed by atoms with Gasteiger partial charge < -0.3 is 0 Å². The smallest absolute Gasteiger partial charge is 0.0463 e. The summed E-state index contributed by atoms with van der Waals surface area (Å²) >= 11 is 0. The molecule has 1 aromatic heterocycles. The molecule has 3 rings (SSSR count). The summed E-state index contributed by atoms with van der Waals surface area (Å²) in [4.78, 5) is 4.60. The van der Waals surface area contributed by atoms with Gasteiger partial charge in [0.1, 0.15) is 0 Å². The second-order valence-electron chi connectivity index (χ2n) is 6.36. The quantitative estimate of drug-likeness (QED) is 0.631. The highest BCUT2D eigenvalue weighted by molar-refractivity contribution is 7.73. The van der Waals surface area contributed by atoms with Gasteiger partial charge >= 0.3 is 0 Å². The summed E-state index contributed by atoms with van der Waals surface area (Å²) in [6, 6.07) is 28.0. The Bertz CT molecular complexity index is 684.